The summed E-state index contributed by atoms with van der Waals surface area (Å²) in [6, 6.07) is 5.50. The van der Waals surface area contributed by atoms with Crippen LogP contribution in [0.2, 0.25) is 0 Å². The minimum Gasteiger partial charge on any atom is -0.481 e. The fraction of sp³-hybridized carbons (Fsp3) is 0.100. The van der Waals surface area contributed by atoms with Crippen molar-refractivity contribution < 1.29 is 9.90 Å². The van der Waals surface area contributed by atoms with Gasteiger partial charge in [0.25, 0.3) is 0 Å². The lowest BCUT2D eigenvalue weighted by Crippen LogP contribution is -2.17. The van der Waals surface area contributed by atoms with Crippen LogP contribution in [-0.4, -0.2) is 31.6 Å². The number of aromatic amines is 1. The number of hydrogen-bond acceptors (Lipinski definition) is 4. The van der Waals surface area contributed by atoms with E-state index in [1.165, 1.54) is 4.57 Å². The largest absolute Gasteiger partial charge is 0.481 e. The molecule has 0 aliphatic rings. The number of nitrogens with zero attached hydrogens (tertiary/aromatic N) is 2. The molecule has 100 valence electrons. The summed E-state index contributed by atoms with van der Waals surface area (Å²) < 4.78 is 3.05. The Morgan fingerprint density at radius 2 is 2.32 bits per heavy atom. The maximum Gasteiger partial charge on any atom is 0.348 e. The SMILES string of the molecule is O=C(O)CSc1n[nH]c(=O)n1-c1cc(Br)ccc1I. The first-order valence-corrected chi connectivity index (χ1v) is 7.82. The number of carboxylic acids is 1. The van der Waals surface area contributed by atoms with Crippen molar-refractivity contribution in [1.82, 2.24) is 14.8 Å². The summed E-state index contributed by atoms with van der Waals surface area (Å²) in [6.07, 6.45) is 0. The molecule has 19 heavy (non-hydrogen) atoms. The van der Waals surface area contributed by atoms with E-state index < -0.39 is 11.7 Å². The molecule has 2 N–H and O–H groups in total. The number of carbonyl (C=O) groups is 1. The summed E-state index contributed by atoms with van der Waals surface area (Å²) in [5, 5.41) is 15.2. The van der Waals surface area contributed by atoms with Crippen molar-refractivity contribution in [3.8, 4) is 5.69 Å². The molecule has 0 atom stereocenters. The quantitative estimate of drug-likeness (QED) is 0.544. The zero-order valence-electron chi connectivity index (χ0n) is 9.26. The number of nitrogens with one attached hydrogen (secondary N) is 1. The molecule has 9 heteroatoms. The van der Waals surface area contributed by atoms with E-state index in [4.69, 9.17) is 5.11 Å². The molecule has 0 aliphatic heterocycles. The molecule has 0 aliphatic carbocycles. The van der Waals surface area contributed by atoms with Crippen molar-refractivity contribution in [2.45, 2.75) is 5.16 Å². The van der Waals surface area contributed by atoms with Crippen molar-refractivity contribution in [1.29, 1.82) is 0 Å². The van der Waals surface area contributed by atoms with E-state index >= 15 is 0 Å². The van der Waals surface area contributed by atoms with Gasteiger partial charge in [-0.05, 0) is 40.8 Å². The second-order valence-electron chi connectivity index (χ2n) is 3.42. The van der Waals surface area contributed by atoms with Gasteiger partial charge < -0.3 is 5.11 Å². The number of hydrogen-bond donors (Lipinski definition) is 2. The predicted molar refractivity (Wildman–Crippen MR) is 83.0 cm³/mol. The molecule has 0 unspecified atom stereocenters. The average Bonchev–Trinajstić information content (AvgIpc) is 2.71. The number of aromatic nitrogens is 3. The zero-order valence-corrected chi connectivity index (χ0v) is 13.8. The molecule has 0 amide bonds. The molecule has 6 nitrogen and oxygen atoms in total. The molecule has 0 radical (unpaired) electrons. The molecule has 0 saturated carbocycles. The molecule has 2 aromatic rings. The van der Waals surface area contributed by atoms with Gasteiger partial charge in [-0.2, -0.15) is 0 Å². The molecule has 0 fully saturated rings. The molecular formula is C10H7BrIN3O3S. The van der Waals surface area contributed by atoms with Gasteiger partial charge in [-0.3, -0.25) is 4.79 Å². The lowest BCUT2D eigenvalue weighted by atomic mass is 10.3. The summed E-state index contributed by atoms with van der Waals surface area (Å²) in [5.41, 5.74) is 0.255. The predicted octanol–water partition coefficient (Wildman–Crippen LogP) is 2.10. The van der Waals surface area contributed by atoms with Crippen LogP contribution in [-0.2, 0) is 4.79 Å². The molecule has 1 aromatic heterocycles. The van der Waals surface area contributed by atoms with Gasteiger partial charge in [0.2, 0.25) is 0 Å². The molecule has 0 spiro atoms. The maximum absolute atomic E-state index is 11.8. The van der Waals surface area contributed by atoms with E-state index in [-0.39, 0.29) is 5.75 Å². The fourth-order valence-electron chi connectivity index (χ4n) is 1.38. The Hall–Kier alpha value is -0.810. The Kier molecular flexibility index (Phi) is 4.68. The summed E-state index contributed by atoms with van der Waals surface area (Å²) in [5.74, 6) is -1.12. The summed E-state index contributed by atoms with van der Waals surface area (Å²) in [6.45, 7) is 0. The monoisotopic (exact) mass is 455 g/mol. The standard InChI is InChI=1S/C10H7BrIN3O3S/c11-5-1-2-6(12)7(3-5)15-9(18)13-14-10(15)19-4-8(16)17/h1-3H,4H2,(H,13,18)(H,16,17). The van der Waals surface area contributed by atoms with Gasteiger partial charge >= 0.3 is 11.7 Å². The van der Waals surface area contributed by atoms with Gasteiger partial charge in [0, 0.05) is 8.04 Å². The molecule has 2 rings (SSSR count). The van der Waals surface area contributed by atoms with E-state index in [2.05, 4.69) is 48.7 Å². The van der Waals surface area contributed by atoms with Crippen molar-refractivity contribution in [3.05, 3.63) is 36.7 Å². The van der Waals surface area contributed by atoms with E-state index in [0.29, 0.717) is 10.8 Å². The van der Waals surface area contributed by atoms with Crippen LogP contribution in [0.25, 0.3) is 5.69 Å². The minimum absolute atomic E-state index is 0.158. The Bertz CT molecular complexity index is 685. The third-order valence-corrected chi connectivity index (χ3v) is 4.44. The number of H-pyrrole nitrogens is 1. The number of halogens is 2. The van der Waals surface area contributed by atoms with Crippen LogP contribution in [0.5, 0.6) is 0 Å². The Balaban J connectivity index is 2.49. The van der Waals surface area contributed by atoms with E-state index in [0.717, 1.165) is 19.8 Å². The van der Waals surface area contributed by atoms with Crippen LogP contribution in [0, 0.1) is 3.57 Å². The molecule has 0 bridgehead atoms. The highest BCUT2D eigenvalue weighted by atomic mass is 127. The van der Waals surface area contributed by atoms with Crippen LogP contribution < -0.4 is 5.69 Å². The van der Waals surface area contributed by atoms with Crippen LogP contribution in [0.1, 0.15) is 0 Å². The van der Waals surface area contributed by atoms with Crippen molar-refractivity contribution in [3.63, 3.8) is 0 Å². The highest BCUT2D eigenvalue weighted by molar-refractivity contribution is 14.1. The minimum atomic E-state index is -0.962. The lowest BCUT2D eigenvalue weighted by molar-refractivity contribution is -0.133. The normalized spacial score (nSPS) is 10.6. The van der Waals surface area contributed by atoms with Crippen LogP contribution >= 0.6 is 50.3 Å². The van der Waals surface area contributed by atoms with E-state index in [1.807, 2.05) is 12.1 Å². The lowest BCUT2D eigenvalue weighted by Gasteiger charge is -2.07. The summed E-state index contributed by atoms with van der Waals surface area (Å²) >= 11 is 6.44. The highest BCUT2D eigenvalue weighted by Gasteiger charge is 2.15. The van der Waals surface area contributed by atoms with Gasteiger partial charge in [0.1, 0.15) is 0 Å². The Morgan fingerprint density at radius 1 is 1.58 bits per heavy atom. The number of rotatable bonds is 4. The first kappa shape index (κ1) is 14.6. The summed E-state index contributed by atoms with van der Waals surface area (Å²) in [7, 11) is 0. The first-order chi connectivity index (χ1) is 8.99. The van der Waals surface area contributed by atoms with E-state index in [9.17, 15) is 9.59 Å². The van der Waals surface area contributed by atoms with Crippen molar-refractivity contribution in [2.24, 2.45) is 0 Å². The van der Waals surface area contributed by atoms with Gasteiger partial charge in [-0.15, -0.1) is 5.10 Å². The zero-order chi connectivity index (χ0) is 14.0. The second kappa shape index (κ2) is 6.09. The maximum atomic E-state index is 11.8. The first-order valence-electron chi connectivity index (χ1n) is 4.96. The van der Waals surface area contributed by atoms with Crippen LogP contribution in [0.3, 0.4) is 0 Å². The number of aliphatic carboxylic acids is 1. The Labute approximate surface area is 133 Å². The highest BCUT2D eigenvalue weighted by Crippen LogP contribution is 2.24. The van der Waals surface area contributed by atoms with Gasteiger partial charge in [-0.1, -0.05) is 27.7 Å². The van der Waals surface area contributed by atoms with Crippen LogP contribution in [0.4, 0.5) is 0 Å². The van der Waals surface area contributed by atoms with Gasteiger partial charge in [0.05, 0.1) is 11.4 Å². The van der Waals surface area contributed by atoms with Gasteiger partial charge in [-0.25, -0.2) is 14.5 Å². The molecule has 1 heterocycles. The Morgan fingerprint density at radius 3 is 3.00 bits per heavy atom. The number of benzene rings is 1. The average molecular weight is 456 g/mol. The summed E-state index contributed by atoms with van der Waals surface area (Å²) in [4.78, 5) is 22.4. The fourth-order valence-corrected chi connectivity index (χ4v) is 2.97. The smallest absolute Gasteiger partial charge is 0.348 e. The van der Waals surface area contributed by atoms with Crippen molar-refractivity contribution in [2.75, 3.05) is 5.75 Å². The second-order valence-corrected chi connectivity index (χ2v) is 6.45. The third-order valence-electron chi connectivity index (χ3n) is 2.12. The number of carboxylic acid groups (broad SMARTS) is 1. The van der Waals surface area contributed by atoms with Crippen LogP contribution in [0.15, 0.2) is 32.6 Å². The van der Waals surface area contributed by atoms with E-state index in [1.54, 1.807) is 6.07 Å². The van der Waals surface area contributed by atoms with Crippen molar-refractivity contribution >= 4 is 56.3 Å². The number of thioether (sulfide) groups is 1. The topological polar surface area (TPSA) is 88.0 Å². The molecular weight excluding hydrogens is 449 g/mol. The third kappa shape index (κ3) is 3.39. The molecule has 0 saturated heterocycles. The molecule has 1 aromatic carbocycles. The van der Waals surface area contributed by atoms with Gasteiger partial charge in [0.15, 0.2) is 5.16 Å².